The maximum absolute atomic E-state index is 11.6. The third-order valence-electron chi connectivity index (χ3n) is 1.97. The molecular formula is C10H13N3O3. The quantitative estimate of drug-likeness (QED) is 0.758. The van der Waals surface area contributed by atoms with E-state index in [-0.39, 0.29) is 0 Å². The summed E-state index contributed by atoms with van der Waals surface area (Å²) in [4.78, 5) is 29.9. The maximum Gasteiger partial charge on any atom is 0.322 e. The van der Waals surface area contributed by atoms with Gasteiger partial charge >= 0.3 is 5.97 Å². The molecule has 86 valence electrons. The zero-order chi connectivity index (χ0) is 12.1. The molecule has 0 aromatic carbocycles. The highest BCUT2D eigenvalue weighted by atomic mass is 16.4. The number of aryl methyl sites for hydroxylation is 2. The van der Waals surface area contributed by atoms with Gasteiger partial charge < -0.3 is 10.4 Å². The SMILES string of the molecule is CCc1nc(C)ncc1C(=O)NCC(=O)O. The van der Waals surface area contributed by atoms with E-state index < -0.39 is 18.4 Å². The standard InChI is InChI=1S/C10H13N3O3/c1-3-8-7(4-11-6(2)13-8)10(16)12-5-9(14)15/h4H,3,5H2,1-2H3,(H,12,16)(H,14,15). The second-order valence-corrected chi connectivity index (χ2v) is 3.21. The number of aromatic nitrogens is 2. The number of amides is 1. The van der Waals surface area contributed by atoms with Crippen LogP contribution in [-0.4, -0.2) is 33.5 Å². The summed E-state index contributed by atoms with van der Waals surface area (Å²) < 4.78 is 0. The maximum atomic E-state index is 11.6. The third-order valence-corrected chi connectivity index (χ3v) is 1.97. The number of hydrogen-bond acceptors (Lipinski definition) is 4. The van der Waals surface area contributed by atoms with Crippen molar-refractivity contribution in [2.24, 2.45) is 0 Å². The van der Waals surface area contributed by atoms with Crippen LogP contribution in [0.2, 0.25) is 0 Å². The molecule has 0 radical (unpaired) electrons. The number of nitrogens with one attached hydrogen (secondary N) is 1. The number of carboxylic acids is 1. The van der Waals surface area contributed by atoms with Gasteiger partial charge in [0.25, 0.3) is 5.91 Å². The Kier molecular flexibility index (Phi) is 3.93. The average Bonchev–Trinajstić information content (AvgIpc) is 2.25. The first-order valence-corrected chi connectivity index (χ1v) is 4.87. The minimum absolute atomic E-state index is 0.328. The summed E-state index contributed by atoms with van der Waals surface area (Å²) in [6, 6.07) is 0. The first-order valence-electron chi connectivity index (χ1n) is 4.87. The van der Waals surface area contributed by atoms with Gasteiger partial charge in [-0.1, -0.05) is 6.92 Å². The topological polar surface area (TPSA) is 92.2 Å². The van der Waals surface area contributed by atoms with Crippen LogP contribution in [0.5, 0.6) is 0 Å². The van der Waals surface area contributed by atoms with Crippen LogP contribution in [0, 0.1) is 6.92 Å². The molecule has 0 fully saturated rings. The summed E-state index contributed by atoms with van der Waals surface area (Å²) in [5, 5.41) is 10.7. The number of carboxylic acid groups (broad SMARTS) is 1. The van der Waals surface area contributed by atoms with Crippen molar-refractivity contribution < 1.29 is 14.7 Å². The van der Waals surface area contributed by atoms with Crippen molar-refractivity contribution in [1.29, 1.82) is 0 Å². The zero-order valence-corrected chi connectivity index (χ0v) is 9.15. The van der Waals surface area contributed by atoms with Crippen LogP contribution < -0.4 is 5.32 Å². The summed E-state index contributed by atoms with van der Waals surface area (Å²) >= 11 is 0. The number of aliphatic carboxylic acids is 1. The van der Waals surface area contributed by atoms with Crippen molar-refractivity contribution >= 4 is 11.9 Å². The summed E-state index contributed by atoms with van der Waals surface area (Å²) in [7, 11) is 0. The molecule has 0 spiro atoms. The Morgan fingerprint density at radius 3 is 2.75 bits per heavy atom. The van der Waals surface area contributed by atoms with Crippen molar-refractivity contribution in [3.05, 3.63) is 23.3 Å². The molecule has 1 aromatic rings. The van der Waals surface area contributed by atoms with Crippen molar-refractivity contribution in [1.82, 2.24) is 15.3 Å². The molecule has 1 heterocycles. The number of carbonyl (C=O) groups excluding carboxylic acids is 1. The van der Waals surface area contributed by atoms with E-state index in [9.17, 15) is 9.59 Å². The van der Waals surface area contributed by atoms with Gasteiger partial charge in [0.15, 0.2) is 0 Å². The number of carbonyl (C=O) groups is 2. The van der Waals surface area contributed by atoms with Crippen molar-refractivity contribution in [3.63, 3.8) is 0 Å². The van der Waals surface area contributed by atoms with Crippen LogP contribution in [0.15, 0.2) is 6.20 Å². The van der Waals surface area contributed by atoms with Gasteiger partial charge in [-0.3, -0.25) is 9.59 Å². The molecule has 16 heavy (non-hydrogen) atoms. The fourth-order valence-electron chi connectivity index (χ4n) is 1.23. The average molecular weight is 223 g/mol. The molecule has 0 unspecified atom stereocenters. The molecule has 0 aliphatic rings. The van der Waals surface area contributed by atoms with E-state index in [1.165, 1.54) is 6.20 Å². The fraction of sp³-hybridized carbons (Fsp3) is 0.400. The lowest BCUT2D eigenvalue weighted by molar-refractivity contribution is -0.135. The van der Waals surface area contributed by atoms with Crippen molar-refractivity contribution in [2.75, 3.05) is 6.54 Å². The first kappa shape index (κ1) is 12.1. The number of rotatable bonds is 4. The van der Waals surface area contributed by atoms with Crippen LogP contribution in [-0.2, 0) is 11.2 Å². The second-order valence-electron chi connectivity index (χ2n) is 3.21. The molecular weight excluding hydrogens is 210 g/mol. The van der Waals surface area contributed by atoms with Gasteiger partial charge in [-0.05, 0) is 13.3 Å². The summed E-state index contributed by atoms with van der Waals surface area (Å²) in [6.07, 6.45) is 2.01. The van der Waals surface area contributed by atoms with Crippen LogP contribution in [0.1, 0.15) is 28.8 Å². The van der Waals surface area contributed by atoms with Crippen LogP contribution in [0.4, 0.5) is 0 Å². The van der Waals surface area contributed by atoms with Gasteiger partial charge in [-0.2, -0.15) is 0 Å². The molecule has 1 amide bonds. The van der Waals surface area contributed by atoms with E-state index in [2.05, 4.69) is 15.3 Å². The Morgan fingerprint density at radius 2 is 2.19 bits per heavy atom. The number of nitrogens with zero attached hydrogens (tertiary/aromatic N) is 2. The zero-order valence-electron chi connectivity index (χ0n) is 9.15. The molecule has 0 atom stereocenters. The fourth-order valence-corrected chi connectivity index (χ4v) is 1.23. The monoisotopic (exact) mass is 223 g/mol. The Labute approximate surface area is 92.7 Å². The predicted molar refractivity (Wildman–Crippen MR) is 56.1 cm³/mol. The van der Waals surface area contributed by atoms with Gasteiger partial charge in [-0.25, -0.2) is 9.97 Å². The van der Waals surface area contributed by atoms with Gasteiger partial charge in [0.1, 0.15) is 12.4 Å². The molecule has 0 aliphatic heterocycles. The summed E-state index contributed by atoms with van der Waals surface area (Å²) in [6.45, 7) is 3.20. The molecule has 0 aliphatic carbocycles. The van der Waals surface area contributed by atoms with Gasteiger partial charge in [0.2, 0.25) is 0 Å². The molecule has 1 rings (SSSR count). The Hall–Kier alpha value is -1.98. The second kappa shape index (κ2) is 5.20. The summed E-state index contributed by atoms with van der Waals surface area (Å²) in [5.74, 6) is -0.953. The molecule has 0 saturated carbocycles. The van der Waals surface area contributed by atoms with Crippen LogP contribution >= 0.6 is 0 Å². The van der Waals surface area contributed by atoms with E-state index in [1.807, 2.05) is 6.92 Å². The minimum atomic E-state index is -1.08. The van der Waals surface area contributed by atoms with Gasteiger partial charge in [0.05, 0.1) is 11.3 Å². The highest BCUT2D eigenvalue weighted by Gasteiger charge is 2.13. The molecule has 6 heteroatoms. The van der Waals surface area contributed by atoms with E-state index in [1.54, 1.807) is 6.92 Å². The lowest BCUT2D eigenvalue weighted by Gasteiger charge is -2.06. The van der Waals surface area contributed by atoms with Gasteiger partial charge in [-0.15, -0.1) is 0 Å². The molecule has 1 aromatic heterocycles. The van der Waals surface area contributed by atoms with Crippen LogP contribution in [0.3, 0.4) is 0 Å². The predicted octanol–water partition coefficient (Wildman–Crippen LogP) is 0.162. The highest BCUT2D eigenvalue weighted by Crippen LogP contribution is 2.05. The largest absolute Gasteiger partial charge is 0.480 e. The van der Waals surface area contributed by atoms with Crippen LogP contribution in [0.25, 0.3) is 0 Å². The minimum Gasteiger partial charge on any atom is -0.480 e. The lowest BCUT2D eigenvalue weighted by atomic mass is 10.2. The lowest BCUT2D eigenvalue weighted by Crippen LogP contribution is -2.30. The smallest absolute Gasteiger partial charge is 0.322 e. The Balaban J connectivity index is 2.86. The van der Waals surface area contributed by atoms with E-state index in [0.717, 1.165) is 0 Å². The third kappa shape index (κ3) is 3.01. The highest BCUT2D eigenvalue weighted by molar-refractivity contribution is 5.96. The van der Waals surface area contributed by atoms with E-state index >= 15 is 0 Å². The van der Waals surface area contributed by atoms with E-state index in [0.29, 0.717) is 23.5 Å². The Morgan fingerprint density at radius 1 is 1.50 bits per heavy atom. The molecule has 2 N–H and O–H groups in total. The molecule has 0 bridgehead atoms. The number of hydrogen-bond donors (Lipinski definition) is 2. The summed E-state index contributed by atoms with van der Waals surface area (Å²) in [5.41, 5.74) is 0.949. The van der Waals surface area contributed by atoms with Crippen molar-refractivity contribution in [2.45, 2.75) is 20.3 Å². The Bertz CT molecular complexity index is 418. The van der Waals surface area contributed by atoms with Gasteiger partial charge in [0, 0.05) is 6.20 Å². The molecule has 6 nitrogen and oxygen atoms in total. The van der Waals surface area contributed by atoms with E-state index in [4.69, 9.17) is 5.11 Å². The molecule has 0 saturated heterocycles. The normalized spacial score (nSPS) is 9.88. The van der Waals surface area contributed by atoms with Crippen molar-refractivity contribution in [3.8, 4) is 0 Å². The first-order chi connectivity index (χ1) is 7.54.